The van der Waals surface area contributed by atoms with Crippen molar-refractivity contribution in [3.63, 3.8) is 0 Å². The minimum Gasteiger partial charge on any atom is -0.0769 e. The molecule has 0 bridgehead atoms. The molecule has 0 saturated carbocycles. The van der Waals surface area contributed by atoms with Gasteiger partial charge in [0.2, 0.25) is 0 Å². The van der Waals surface area contributed by atoms with Gasteiger partial charge in [-0.15, -0.1) is 0 Å². The standard InChI is InChI=1S/C30H38/c1-9-20-11-14-27(24(20)10-2)30(29(6,7)8)16-15-26-22(19-30)17-21-18-23(28(3,4)5)12-13-25(21)26/h11-13,15-19H,9-10,14H2,1-8H3. The predicted octanol–water partition coefficient (Wildman–Crippen LogP) is 6.90. The van der Waals surface area contributed by atoms with Crippen LogP contribution in [0.25, 0.3) is 11.6 Å². The van der Waals surface area contributed by atoms with Crippen LogP contribution in [0.3, 0.4) is 0 Å². The fourth-order valence-corrected chi connectivity index (χ4v) is 5.60. The molecule has 0 aliphatic heterocycles. The third-order valence-electron chi connectivity index (χ3n) is 7.51. The first kappa shape index (κ1) is 21.2. The highest BCUT2D eigenvalue weighted by atomic mass is 14.5. The summed E-state index contributed by atoms with van der Waals surface area (Å²) in [5.74, 6) is 0. The fraction of sp³-hybridized carbons (Fsp3) is 0.467. The van der Waals surface area contributed by atoms with Gasteiger partial charge in [-0.3, -0.25) is 0 Å². The minimum atomic E-state index is -0.0317. The van der Waals surface area contributed by atoms with Gasteiger partial charge in [-0.05, 0) is 80.0 Å². The Hall–Kier alpha value is -2.08. The molecule has 0 N–H and O–H groups in total. The molecule has 30 heavy (non-hydrogen) atoms. The van der Waals surface area contributed by atoms with E-state index in [1.807, 2.05) is 0 Å². The molecular formula is C30H38. The number of allylic oxidation sites excluding steroid dienone is 8. The van der Waals surface area contributed by atoms with E-state index >= 15 is 0 Å². The number of hydrogen-bond acceptors (Lipinski definition) is 0. The van der Waals surface area contributed by atoms with Gasteiger partial charge in [0.1, 0.15) is 0 Å². The van der Waals surface area contributed by atoms with E-state index in [1.165, 1.54) is 27.1 Å². The molecule has 0 amide bonds. The lowest BCUT2D eigenvalue weighted by atomic mass is 9.58. The van der Waals surface area contributed by atoms with Crippen LogP contribution < -0.4 is 10.4 Å². The molecule has 1 aromatic rings. The molecule has 0 aromatic heterocycles. The first-order valence-corrected chi connectivity index (χ1v) is 11.7. The van der Waals surface area contributed by atoms with Gasteiger partial charge in [-0.25, -0.2) is 0 Å². The zero-order valence-corrected chi connectivity index (χ0v) is 20.2. The number of fused-ring (bicyclic) bond motifs is 2. The molecule has 0 heteroatoms. The maximum Gasteiger partial charge on any atom is 0.0341 e. The lowest BCUT2D eigenvalue weighted by molar-refractivity contribution is 0.242. The smallest absolute Gasteiger partial charge is 0.0341 e. The molecule has 158 valence electrons. The Morgan fingerprint density at radius 1 is 0.967 bits per heavy atom. The molecule has 0 nitrogen and oxygen atoms in total. The van der Waals surface area contributed by atoms with Gasteiger partial charge in [-0.1, -0.05) is 97.9 Å². The number of rotatable bonds is 3. The SMILES string of the molecule is CCC1=CCC(C2(C(C)(C)C)C=CC3=c4ccc(C(C)(C)C)cc4=CC3=C2)=C1CC. The summed E-state index contributed by atoms with van der Waals surface area (Å²) < 4.78 is 0. The highest BCUT2D eigenvalue weighted by molar-refractivity contribution is 5.89. The molecule has 0 radical (unpaired) electrons. The average Bonchev–Trinajstić information content (AvgIpc) is 3.25. The Morgan fingerprint density at radius 2 is 1.70 bits per heavy atom. The molecule has 0 heterocycles. The Kier molecular flexibility index (Phi) is 4.92. The van der Waals surface area contributed by atoms with Crippen molar-refractivity contribution in [2.75, 3.05) is 0 Å². The maximum atomic E-state index is 2.59. The Labute approximate surface area is 183 Å². The van der Waals surface area contributed by atoms with Crippen molar-refractivity contribution in [2.45, 2.75) is 80.1 Å². The van der Waals surface area contributed by atoms with Gasteiger partial charge in [0.05, 0.1) is 0 Å². The second-order valence-corrected chi connectivity index (χ2v) is 11.3. The summed E-state index contributed by atoms with van der Waals surface area (Å²) in [6.07, 6.45) is 15.8. The van der Waals surface area contributed by atoms with Gasteiger partial charge in [-0.2, -0.15) is 0 Å². The normalized spacial score (nSPS) is 23.3. The van der Waals surface area contributed by atoms with Crippen molar-refractivity contribution < 1.29 is 0 Å². The highest BCUT2D eigenvalue weighted by Gasteiger charge is 2.45. The predicted molar refractivity (Wildman–Crippen MR) is 132 cm³/mol. The van der Waals surface area contributed by atoms with Gasteiger partial charge in [0, 0.05) is 5.41 Å². The Balaban J connectivity index is 1.92. The molecule has 3 aliphatic carbocycles. The van der Waals surface area contributed by atoms with E-state index in [-0.39, 0.29) is 16.2 Å². The van der Waals surface area contributed by atoms with Crippen LogP contribution >= 0.6 is 0 Å². The summed E-state index contributed by atoms with van der Waals surface area (Å²) in [7, 11) is 0. The summed E-state index contributed by atoms with van der Waals surface area (Å²) in [6, 6.07) is 7.05. The van der Waals surface area contributed by atoms with Gasteiger partial charge in [0.25, 0.3) is 0 Å². The minimum absolute atomic E-state index is 0.0317. The monoisotopic (exact) mass is 398 g/mol. The number of benzene rings is 1. The summed E-state index contributed by atoms with van der Waals surface area (Å²) in [5.41, 5.74) is 9.25. The van der Waals surface area contributed by atoms with Crippen molar-refractivity contribution in [2.24, 2.45) is 10.8 Å². The van der Waals surface area contributed by atoms with Crippen molar-refractivity contribution in [3.05, 3.63) is 80.8 Å². The molecule has 1 aromatic carbocycles. The van der Waals surface area contributed by atoms with Crippen LogP contribution in [0.1, 0.15) is 80.2 Å². The molecule has 3 aliphatic rings. The molecule has 1 unspecified atom stereocenters. The lowest BCUT2D eigenvalue weighted by Crippen LogP contribution is -2.36. The first-order valence-electron chi connectivity index (χ1n) is 11.7. The maximum absolute atomic E-state index is 2.59. The Morgan fingerprint density at radius 3 is 2.30 bits per heavy atom. The van der Waals surface area contributed by atoms with E-state index in [0.717, 1.165) is 19.3 Å². The van der Waals surface area contributed by atoms with Crippen molar-refractivity contribution in [1.29, 1.82) is 0 Å². The highest BCUT2D eigenvalue weighted by Crippen LogP contribution is 2.55. The van der Waals surface area contributed by atoms with Gasteiger partial charge >= 0.3 is 0 Å². The van der Waals surface area contributed by atoms with Crippen LogP contribution in [0.4, 0.5) is 0 Å². The van der Waals surface area contributed by atoms with Crippen LogP contribution in [0, 0.1) is 10.8 Å². The summed E-state index contributed by atoms with van der Waals surface area (Å²) in [4.78, 5) is 0. The molecule has 0 spiro atoms. The van der Waals surface area contributed by atoms with Crippen molar-refractivity contribution in [1.82, 2.24) is 0 Å². The summed E-state index contributed by atoms with van der Waals surface area (Å²) >= 11 is 0. The number of hydrogen-bond donors (Lipinski definition) is 0. The average molecular weight is 399 g/mol. The fourth-order valence-electron chi connectivity index (χ4n) is 5.60. The molecule has 0 fully saturated rings. The van der Waals surface area contributed by atoms with Crippen LogP contribution in [-0.2, 0) is 5.41 Å². The molecular weight excluding hydrogens is 360 g/mol. The van der Waals surface area contributed by atoms with Crippen molar-refractivity contribution >= 4 is 11.6 Å². The van der Waals surface area contributed by atoms with Crippen LogP contribution in [-0.4, -0.2) is 0 Å². The van der Waals surface area contributed by atoms with Crippen LogP contribution in [0.15, 0.2) is 64.8 Å². The third-order valence-corrected chi connectivity index (χ3v) is 7.51. The molecule has 0 saturated heterocycles. The van der Waals surface area contributed by atoms with E-state index in [0.29, 0.717) is 0 Å². The third kappa shape index (κ3) is 3.11. The van der Waals surface area contributed by atoms with E-state index in [4.69, 9.17) is 0 Å². The molecule has 1 atom stereocenters. The van der Waals surface area contributed by atoms with Crippen molar-refractivity contribution in [3.8, 4) is 0 Å². The van der Waals surface area contributed by atoms with E-state index in [1.54, 1.807) is 16.7 Å². The first-order chi connectivity index (χ1) is 14.0. The summed E-state index contributed by atoms with van der Waals surface area (Å²) in [6.45, 7) is 18.7. The van der Waals surface area contributed by atoms with E-state index < -0.39 is 0 Å². The molecule has 4 rings (SSSR count). The van der Waals surface area contributed by atoms with E-state index in [9.17, 15) is 0 Å². The lowest BCUT2D eigenvalue weighted by Gasteiger charge is -2.45. The van der Waals surface area contributed by atoms with Gasteiger partial charge < -0.3 is 0 Å². The zero-order chi connectivity index (χ0) is 21.9. The largest absolute Gasteiger partial charge is 0.0769 e. The topological polar surface area (TPSA) is 0 Å². The van der Waals surface area contributed by atoms with Crippen LogP contribution in [0.2, 0.25) is 0 Å². The summed E-state index contributed by atoms with van der Waals surface area (Å²) in [5, 5.41) is 2.76. The zero-order valence-electron chi connectivity index (χ0n) is 20.2. The van der Waals surface area contributed by atoms with Gasteiger partial charge in [0.15, 0.2) is 0 Å². The second kappa shape index (κ2) is 6.98. The Bertz CT molecular complexity index is 1130. The van der Waals surface area contributed by atoms with E-state index in [2.05, 4.69) is 104 Å². The quantitative estimate of drug-likeness (QED) is 0.519. The van der Waals surface area contributed by atoms with Crippen LogP contribution in [0.5, 0.6) is 0 Å². The second-order valence-electron chi connectivity index (χ2n) is 11.3.